The fourth-order valence-electron chi connectivity index (χ4n) is 1.82. The Morgan fingerprint density at radius 3 is 1.55 bits per heavy atom. The maximum absolute atomic E-state index is 3.75. The van der Waals surface area contributed by atoms with Crippen molar-refractivity contribution in [1.29, 1.82) is 0 Å². The lowest BCUT2D eigenvalue weighted by Gasteiger charge is -2.12. The van der Waals surface area contributed by atoms with Crippen LogP contribution in [-0.4, -0.2) is 13.1 Å². The summed E-state index contributed by atoms with van der Waals surface area (Å²) in [6.45, 7) is 9.02. The normalized spacial score (nSPS) is 10.0. The van der Waals surface area contributed by atoms with Crippen LogP contribution in [0.25, 0.3) is 0 Å². The van der Waals surface area contributed by atoms with Gasteiger partial charge in [0.1, 0.15) is 0 Å². The molecule has 0 aliphatic rings. The van der Waals surface area contributed by atoms with Crippen molar-refractivity contribution in [3.63, 3.8) is 0 Å². The number of hydrogen-bond donors (Lipinski definition) is 2. The highest BCUT2D eigenvalue weighted by molar-refractivity contribution is 8.76. The molecule has 0 saturated heterocycles. The molecule has 2 nitrogen and oxygen atoms in total. The van der Waals surface area contributed by atoms with E-state index in [-0.39, 0.29) is 0 Å². The third-order valence-corrected chi connectivity index (χ3v) is 5.35. The molecule has 0 aliphatic carbocycles. The van der Waals surface area contributed by atoms with Crippen LogP contribution in [0.4, 0.5) is 11.4 Å². The van der Waals surface area contributed by atoms with E-state index in [1.807, 2.05) is 24.3 Å². The molecule has 114 valence electrons. The number of hydrogen-bond acceptors (Lipinski definition) is 4. The molecule has 2 N–H and O–H groups in total. The van der Waals surface area contributed by atoms with E-state index in [0.29, 0.717) is 0 Å². The maximum atomic E-state index is 3.75. The lowest BCUT2D eigenvalue weighted by Crippen LogP contribution is -1.99. The van der Waals surface area contributed by atoms with E-state index in [0.717, 1.165) is 24.5 Å². The van der Waals surface area contributed by atoms with E-state index in [1.54, 1.807) is 21.6 Å². The van der Waals surface area contributed by atoms with Gasteiger partial charge in [-0.15, -0.1) is 13.2 Å². The molecule has 0 unspecified atom stereocenters. The monoisotopic (exact) mass is 328 g/mol. The summed E-state index contributed by atoms with van der Waals surface area (Å²) in [5.74, 6) is 0. The van der Waals surface area contributed by atoms with Gasteiger partial charge in [-0.3, -0.25) is 0 Å². The molecular formula is C18H20N2S2. The fraction of sp³-hybridized carbons (Fsp3) is 0.111. The number of anilines is 2. The van der Waals surface area contributed by atoms with Crippen LogP contribution >= 0.6 is 21.6 Å². The van der Waals surface area contributed by atoms with Gasteiger partial charge in [0.25, 0.3) is 0 Å². The summed E-state index contributed by atoms with van der Waals surface area (Å²) in [5, 5.41) is 6.73. The van der Waals surface area contributed by atoms with Gasteiger partial charge in [0, 0.05) is 34.3 Å². The van der Waals surface area contributed by atoms with Crippen LogP contribution in [-0.2, 0) is 0 Å². The number of benzene rings is 2. The predicted octanol–water partition coefficient (Wildman–Crippen LogP) is 5.68. The van der Waals surface area contributed by atoms with Gasteiger partial charge in [-0.1, -0.05) is 58.0 Å². The van der Waals surface area contributed by atoms with Gasteiger partial charge < -0.3 is 10.6 Å². The standard InChI is InChI=1S/C18H20N2S2/c1-3-13-19-15-9-5-7-11-17(15)21-22-18-12-8-6-10-16(18)20-14-4-2/h3-12,19-20H,1-2,13-14H2. The Balaban J connectivity index is 2.07. The van der Waals surface area contributed by atoms with Crippen molar-refractivity contribution in [2.24, 2.45) is 0 Å². The van der Waals surface area contributed by atoms with E-state index in [1.165, 1.54) is 9.79 Å². The molecule has 0 heterocycles. The van der Waals surface area contributed by atoms with Crippen LogP contribution in [0.2, 0.25) is 0 Å². The molecule has 0 saturated carbocycles. The molecule has 4 heteroatoms. The molecular weight excluding hydrogens is 308 g/mol. The van der Waals surface area contributed by atoms with Crippen molar-refractivity contribution < 1.29 is 0 Å². The predicted molar refractivity (Wildman–Crippen MR) is 102 cm³/mol. The third-order valence-electron chi connectivity index (χ3n) is 2.87. The second-order valence-corrected chi connectivity index (χ2v) is 6.71. The Morgan fingerprint density at radius 1 is 0.727 bits per heavy atom. The highest BCUT2D eigenvalue weighted by Crippen LogP contribution is 2.43. The number of rotatable bonds is 9. The van der Waals surface area contributed by atoms with E-state index < -0.39 is 0 Å². The molecule has 0 fully saturated rings. The topological polar surface area (TPSA) is 24.1 Å². The van der Waals surface area contributed by atoms with Crippen LogP contribution in [0, 0.1) is 0 Å². The van der Waals surface area contributed by atoms with E-state index in [2.05, 4.69) is 60.2 Å². The Bertz CT molecular complexity index is 570. The Kier molecular flexibility index (Phi) is 7.00. The molecule has 0 radical (unpaired) electrons. The van der Waals surface area contributed by atoms with Crippen LogP contribution in [0.15, 0.2) is 83.6 Å². The van der Waals surface area contributed by atoms with E-state index in [9.17, 15) is 0 Å². The maximum Gasteiger partial charge on any atom is 0.0489 e. The van der Waals surface area contributed by atoms with Crippen LogP contribution in [0.3, 0.4) is 0 Å². The van der Waals surface area contributed by atoms with Crippen molar-refractivity contribution in [3.05, 3.63) is 73.8 Å². The van der Waals surface area contributed by atoms with Gasteiger partial charge in [-0.05, 0) is 24.3 Å². The minimum atomic E-state index is 0.764. The first kappa shape index (κ1) is 16.6. The molecule has 2 aromatic carbocycles. The summed E-state index contributed by atoms with van der Waals surface area (Å²) in [4.78, 5) is 2.43. The Hall–Kier alpha value is -1.78. The van der Waals surface area contributed by atoms with Crippen molar-refractivity contribution in [2.45, 2.75) is 9.79 Å². The molecule has 2 aromatic rings. The zero-order valence-electron chi connectivity index (χ0n) is 12.4. The van der Waals surface area contributed by atoms with Gasteiger partial charge in [-0.2, -0.15) is 0 Å². The van der Waals surface area contributed by atoms with Gasteiger partial charge >= 0.3 is 0 Å². The largest absolute Gasteiger partial charge is 0.381 e. The van der Waals surface area contributed by atoms with Crippen LogP contribution in [0.1, 0.15) is 0 Å². The highest BCUT2D eigenvalue weighted by Gasteiger charge is 2.06. The van der Waals surface area contributed by atoms with Gasteiger partial charge in [-0.25, -0.2) is 0 Å². The average molecular weight is 329 g/mol. The Morgan fingerprint density at radius 2 is 1.14 bits per heavy atom. The van der Waals surface area contributed by atoms with Gasteiger partial charge in [0.15, 0.2) is 0 Å². The Labute approximate surface area is 140 Å². The van der Waals surface area contributed by atoms with Gasteiger partial charge in [0.2, 0.25) is 0 Å². The fourth-order valence-corrected chi connectivity index (χ4v) is 4.14. The lowest BCUT2D eigenvalue weighted by molar-refractivity contribution is 1.29. The molecule has 2 rings (SSSR count). The number of para-hydroxylation sites is 2. The van der Waals surface area contributed by atoms with Crippen molar-refractivity contribution in [3.8, 4) is 0 Å². The lowest BCUT2D eigenvalue weighted by atomic mass is 10.3. The zero-order valence-corrected chi connectivity index (χ0v) is 14.1. The van der Waals surface area contributed by atoms with E-state index >= 15 is 0 Å². The summed E-state index contributed by atoms with van der Waals surface area (Å²) >= 11 is 0. The summed E-state index contributed by atoms with van der Waals surface area (Å²) in [6.07, 6.45) is 3.73. The molecule has 0 bridgehead atoms. The minimum absolute atomic E-state index is 0.764. The SMILES string of the molecule is C=CCNc1ccccc1SSc1ccccc1NCC=C. The second-order valence-electron chi connectivity index (χ2n) is 4.50. The first-order valence-corrected chi connectivity index (χ1v) is 9.22. The average Bonchev–Trinajstić information content (AvgIpc) is 2.57. The van der Waals surface area contributed by atoms with Crippen LogP contribution in [0.5, 0.6) is 0 Å². The van der Waals surface area contributed by atoms with Crippen molar-refractivity contribution in [1.82, 2.24) is 0 Å². The second kappa shape index (κ2) is 9.28. The summed E-state index contributed by atoms with van der Waals surface area (Å²) < 4.78 is 0. The summed E-state index contributed by atoms with van der Waals surface area (Å²) in [6, 6.07) is 16.6. The third kappa shape index (κ3) is 4.90. The number of nitrogens with one attached hydrogen (secondary N) is 2. The first-order valence-electron chi connectivity index (χ1n) is 7.07. The first-order chi connectivity index (χ1) is 10.8. The summed E-state index contributed by atoms with van der Waals surface area (Å²) in [5.41, 5.74) is 2.27. The van der Waals surface area contributed by atoms with Crippen LogP contribution < -0.4 is 10.6 Å². The zero-order chi connectivity index (χ0) is 15.6. The quantitative estimate of drug-likeness (QED) is 0.457. The molecule has 0 aromatic heterocycles. The molecule has 22 heavy (non-hydrogen) atoms. The van der Waals surface area contributed by atoms with Crippen molar-refractivity contribution in [2.75, 3.05) is 23.7 Å². The van der Waals surface area contributed by atoms with E-state index in [4.69, 9.17) is 0 Å². The molecule has 0 amide bonds. The minimum Gasteiger partial charge on any atom is -0.381 e. The molecule has 0 aliphatic heterocycles. The molecule has 0 spiro atoms. The van der Waals surface area contributed by atoms with Gasteiger partial charge in [0.05, 0.1) is 0 Å². The summed E-state index contributed by atoms with van der Waals surface area (Å²) in [7, 11) is 3.50. The highest BCUT2D eigenvalue weighted by atomic mass is 33.1. The molecule has 0 atom stereocenters. The van der Waals surface area contributed by atoms with Crippen molar-refractivity contribution >= 4 is 33.0 Å². The smallest absolute Gasteiger partial charge is 0.0489 e.